The number of carbonyl (C=O) groups excluding carboxylic acids is 1. The number of nitrogens with zero attached hydrogens (tertiary/aromatic N) is 4. The zero-order valence-corrected chi connectivity index (χ0v) is 19.9. The van der Waals surface area contributed by atoms with Crippen LogP contribution in [-0.4, -0.2) is 44.5 Å². The van der Waals surface area contributed by atoms with Crippen LogP contribution in [0.3, 0.4) is 0 Å². The third-order valence-corrected chi connectivity index (χ3v) is 6.30. The van der Waals surface area contributed by atoms with Crippen molar-refractivity contribution in [2.45, 2.75) is 32.4 Å². The number of benzene rings is 2. The Balaban J connectivity index is 1.38. The van der Waals surface area contributed by atoms with Crippen LogP contribution in [-0.2, 0) is 6.54 Å². The van der Waals surface area contributed by atoms with Crippen LogP contribution in [0, 0.1) is 6.92 Å². The second-order valence-corrected chi connectivity index (χ2v) is 9.20. The molecule has 1 aliphatic heterocycles. The quantitative estimate of drug-likeness (QED) is 0.439. The summed E-state index contributed by atoms with van der Waals surface area (Å²) in [6.07, 6.45) is 7.68. The zero-order chi connectivity index (χ0) is 24.2. The Morgan fingerprint density at radius 1 is 1.09 bits per heavy atom. The highest BCUT2D eigenvalue weighted by Gasteiger charge is 2.18. The topological polar surface area (TPSA) is 89.1 Å². The van der Waals surface area contributed by atoms with Crippen LogP contribution in [0.15, 0.2) is 79.4 Å². The number of imidazole rings is 1. The monoisotopic (exact) mass is 466 g/mol. The molecular weight excluding hydrogens is 436 g/mol. The number of anilines is 1. The number of hydrogen-bond acceptors (Lipinski definition) is 5. The van der Waals surface area contributed by atoms with Crippen LogP contribution in [0.5, 0.6) is 0 Å². The number of pyridine rings is 1. The molecule has 0 spiro atoms. The number of carbonyl (C=O) groups is 1. The molecule has 0 unspecified atom stereocenters. The summed E-state index contributed by atoms with van der Waals surface area (Å²) in [5, 5.41) is 3.04. The Labute approximate surface area is 205 Å². The van der Waals surface area contributed by atoms with Crippen molar-refractivity contribution in [1.82, 2.24) is 19.4 Å². The molecule has 1 fully saturated rings. The fraction of sp³-hybridized carbons (Fsp3) is 0.250. The Morgan fingerprint density at radius 2 is 1.94 bits per heavy atom. The van der Waals surface area contributed by atoms with E-state index in [2.05, 4.69) is 26.3 Å². The Kier molecular flexibility index (Phi) is 6.70. The molecule has 7 heteroatoms. The minimum absolute atomic E-state index is 0.215. The van der Waals surface area contributed by atoms with Crippen molar-refractivity contribution in [2.24, 2.45) is 5.73 Å². The zero-order valence-electron chi connectivity index (χ0n) is 19.9. The van der Waals surface area contributed by atoms with Crippen molar-refractivity contribution in [3.63, 3.8) is 0 Å². The van der Waals surface area contributed by atoms with E-state index in [1.807, 2.05) is 66.2 Å². The van der Waals surface area contributed by atoms with E-state index in [-0.39, 0.29) is 11.9 Å². The molecule has 4 aromatic rings. The predicted octanol–water partition coefficient (Wildman–Crippen LogP) is 4.42. The molecule has 0 bridgehead atoms. The first-order valence-corrected chi connectivity index (χ1v) is 12.0. The second kappa shape index (κ2) is 10.2. The van der Waals surface area contributed by atoms with Crippen molar-refractivity contribution in [3.8, 4) is 16.8 Å². The first-order valence-electron chi connectivity index (χ1n) is 12.0. The minimum atomic E-state index is -0.241. The van der Waals surface area contributed by atoms with E-state index in [1.54, 1.807) is 18.6 Å². The molecule has 7 nitrogen and oxygen atoms in total. The lowest BCUT2D eigenvalue weighted by atomic mass is 10.1. The first-order chi connectivity index (χ1) is 17.0. The van der Waals surface area contributed by atoms with Crippen molar-refractivity contribution in [1.29, 1.82) is 0 Å². The maximum absolute atomic E-state index is 13.0. The lowest BCUT2D eigenvalue weighted by molar-refractivity contribution is 0.102. The van der Waals surface area contributed by atoms with E-state index in [4.69, 9.17) is 5.73 Å². The molecule has 0 saturated carbocycles. The highest BCUT2D eigenvalue weighted by atomic mass is 16.1. The van der Waals surface area contributed by atoms with Crippen LogP contribution >= 0.6 is 0 Å². The average molecular weight is 467 g/mol. The van der Waals surface area contributed by atoms with Gasteiger partial charge in [-0.15, -0.1) is 0 Å². The number of likely N-dealkylation sites (tertiary alicyclic amines) is 1. The normalized spacial score (nSPS) is 16.2. The third kappa shape index (κ3) is 5.65. The summed E-state index contributed by atoms with van der Waals surface area (Å²) >= 11 is 0. The molecule has 2 aromatic heterocycles. The molecule has 5 rings (SSSR count). The Bertz CT molecular complexity index is 1300. The number of aromatic nitrogens is 3. The van der Waals surface area contributed by atoms with Crippen LogP contribution in [0.1, 0.15) is 34.6 Å². The van der Waals surface area contributed by atoms with Gasteiger partial charge < -0.3 is 15.6 Å². The molecule has 1 amide bonds. The van der Waals surface area contributed by atoms with E-state index in [9.17, 15) is 4.79 Å². The Morgan fingerprint density at radius 3 is 2.66 bits per heavy atom. The van der Waals surface area contributed by atoms with Crippen molar-refractivity contribution in [3.05, 3.63) is 96.3 Å². The lowest BCUT2D eigenvalue weighted by Crippen LogP contribution is -2.42. The number of aryl methyl sites for hydroxylation is 1. The van der Waals surface area contributed by atoms with Gasteiger partial charge in [0, 0.05) is 48.5 Å². The number of nitrogens with two attached hydrogens (primary N) is 1. The molecule has 2 aromatic carbocycles. The number of amides is 1. The molecule has 3 heterocycles. The van der Waals surface area contributed by atoms with Gasteiger partial charge in [0.25, 0.3) is 5.91 Å². The van der Waals surface area contributed by atoms with Crippen molar-refractivity contribution < 1.29 is 4.79 Å². The molecule has 0 radical (unpaired) electrons. The largest absolute Gasteiger partial charge is 0.327 e. The molecular formula is C28H30N6O. The Hall–Kier alpha value is -3.81. The van der Waals surface area contributed by atoms with Gasteiger partial charge in [-0.2, -0.15) is 0 Å². The summed E-state index contributed by atoms with van der Waals surface area (Å²) in [5.74, 6) is -0.241. The summed E-state index contributed by atoms with van der Waals surface area (Å²) in [4.78, 5) is 24.2. The third-order valence-electron chi connectivity index (χ3n) is 6.30. The summed E-state index contributed by atoms with van der Waals surface area (Å²) in [6, 6.07) is 20.0. The minimum Gasteiger partial charge on any atom is -0.327 e. The SMILES string of the molecule is Cc1cn(-c2cc(CN3CCC[C@H](N)C3)cc(NC(=O)c3ccc(-c4ccccc4)cn3)c2)cn1. The fourth-order valence-corrected chi connectivity index (χ4v) is 4.57. The van der Waals surface area contributed by atoms with E-state index in [0.29, 0.717) is 5.69 Å². The van der Waals surface area contributed by atoms with Crippen LogP contribution in [0.4, 0.5) is 5.69 Å². The second-order valence-electron chi connectivity index (χ2n) is 9.20. The smallest absolute Gasteiger partial charge is 0.274 e. The van der Waals surface area contributed by atoms with E-state index >= 15 is 0 Å². The van der Waals surface area contributed by atoms with Crippen LogP contribution < -0.4 is 11.1 Å². The van der Waals surface area contributed by atoms with Gasteiger partial charge in [-0.1, -0.05) is 36.4 Å². The van der Waals surface area contributed by atoms with E-state index in [1.165, 1.54) is 0 Å². The van der Waals surface area contributed by atoms with Gasteiger partial charge in [0.05, 0.1) is 12.0 Å². The van der Waals surface area contributed by atoms with Crippen LogP contribution in [0.25, 0.3) is 16.8 Å². The standard InChI is InChI=1S/C28H30N6O/c1-20-16-34(19-31-20)26-13-21(17-33-11-5-8-24(29)18-33)12-25(14-26)32-28(35)27-10-9-23(15-30-27)22-6-3-2-4-7-22/h2-4,6-7,9-10,12-16,19,24H,5,8,11,17-18,29H2,1H3,(H,32,35)/t24-/m0/s1. The highest BCUT2D eigenvalue weighted by molar-refractivity contribution is 6.03. The maximum atomic E-state index is 13.0. The number of piperidine rings is 1. The molecule has 178 valence electrons. The molecule has 1 atom stereocenters. The fourth-order valence-electron chi connectivity index (χ4n) is 4.57. The number of rotatable bonds is 6. The molecule has 3 N–H and O–H groups in total. The number of nitrogens with one attached hydrogen (secondary N) is 1. The van der Waals surface area contributed by atoms with E-state index < -0.39 is 0 Å². The van der Waals surface area contributed by atoms with Gasteiger partial charge in [-0.05, 0) is 61.7 Å². The van der Waals surface area contributed by atoms with E-state index in [0.717, 1.165) is 66.2 Å². The van der Waals surface area contributed by atoms with Gasteiger partial charge in [-0.25, -0.2) is 4.98 Å². The maximum Gasteiger partial charge on any atom is 0.274 e. The summed E-state index contributed by atoms with van der Waals surface area (Å²) in [5.41, 5.74) is 12.3. The molecule has 1 aliphatic rings. The van der Waals surface area contributed by atoms with Gasteiger partial charge >= 0.3 is 0 Å². The van der Waals surface area contributed by atoms with Crippen molar-refractivity contribution >= 4 is 11.6 Å². The van der Waals surface area contributed by atoms with Gasteiger partial charge in [0.1, 0.15) is 5.69 Å². The molecule has 35 heavy (non-hydrogen) atoms. The summed E-state index contributed by atoms with van der Waals surface area (Å²) in [6.45, 7) is 4.65. The van der Waals surface area contributed by atoms with Crippen molar-refractivity contribution in [2.75, 3.05) is 18.4 Å². The summed E-state index contributed by atoms with van der Waals surface area (Å²) in [7, 11) is 0. The van der Waals surface area contributed by atoms with Gasteiger partial charge in [-0.3, -0.25) is 14.7 Å². The highest BCUT2D eigenvalue weighted by Crippen LogP contribution is 2.23. The summed E-state index contributed by atoms with van der Waals surface area (Å²) < 4.78 is 1.98. The molecule has 0 aliphatic carbocycles. The van der Waals surface area contributed by atoms with Gasteiger partial charge in [0.2, 0.25) is 0 Å². The van der Waals surface area contributed by atoms with Gasteiger partial charge in [0.15, 0.2) is 0 Å². The number of hydrogen-bond donors (Lipinski definition) is 2. The predicted molar refractivity (Wildman–Crippen MR) is 138 cm³/mol. The first kappa shape index (κ1) is 23.0. The average Bonchev–Trinajstić information content (AvgIpc) is 3.31. The lowest BCUT2D eigenvalue weighted by Gasteiger charge is -2.30. The molecule has 1 saturated heterocycles. The van der Waals surface area contributed by atoms with Crippen LogP contribution in [0.2, 0.25) is 0 Å².